The summed E-state index contributed by atoms with van der Waals surface area (Å²) in [5.74, 6) is -0.134. The Morgan fingerprint density at radius 1 is 1.03 bits per heavy atom. The minimum atomic E-state index is -3.88. The molecule has 0 saturated carbocycles. The maximum absolute atomic E-state index is 12.5. The molecule has 7 nitrogen and oxygen atoms in total. The Bertz CT molecular complexity index is 1390. The molecule has 3 aromatic carbocycles. The zero-order valence-electron chi connectivity index (χ0n) is 17.1. The van der Waals surface area contributed by atoms with E-state index in [0.29, 0.717) is 17.7 Å². The van der Waals surface area contributed by atoms with Gasteiger partial charge in [-0.2, -0.15) is 0 Å². The van der Waals surface area contributed by atoms with Gasteiger partial charge in [-0.1, -0.05) is 43.3 Å². The van der Waals surface area contributed by atoms with E-state index in [9.17, 15) is 13.2 Å². The van der Waals surface area contributed by atoms with Crippen LogP contribution >= 0.6 is 11.3 Å². The Hall–Kier alpha value is -3.56. The molecule has 1 heterocycles. The van der Waals surface area contributed by atoms with E-state index >= 15 is 0 Å². The van der Waals surface area contributed by atoms with Gasteiger partial charge < -0.3 is 15.1 Å². The maximum atomic E-state index is 12.5. The smallest absolute Gasteiger partial charge is 0.203 e. The molecule has 0 saturated heterocycles. The summed E-state index contributed by atoms with van der Waals surface area (Å²) in [7, 11) is -3.88. The number of allylic oxidation sites excluding steroid dienone is 1. The van der Waals surface area contributed by atoms with Crippen molar-refractivity contribution in [1.29, 1.82) is 0 Å². The summed E-state index contributed by atoms with van der Waals surface area (Å²) in [6, 6.07) is 19.5. The van der Waals surface area contributed by atoms with E-state index in [1.165, 1.54) is 24.4 Å². The van der Waals surface area contributed by atoms with Gasteiger partial charge in [0.05, 0.1) is 9.90 Å². The lowest BCUT2D eigenvalue weighted by Crippen LogP contribution is -1.99. The topological polar surface area (TPSA) is 103 Å². The number of benzene rings is 3. The molecule has 0 bridgehead atoms. The summed E-state index contributed by atoms with van der Waals surface area (Å²) < 4.78 is 28.7. The van der Waals surface area contributed by atoms with Crippen LogP contribution in [-0.4, -0.2) is 24.4 Å². The molecule has 0 spiro atoms. The van der Waals surface area contributed by atoms with Crippen molar-refractivity contribution in [3.8, 4) is 0 Å². The molecule has 0 atom stereocenters. The van der Waals surface area contributed by atoms with Crippen molar-refractivity contribution in [3.63, 3.8) is 0 Å². The van der Waals surface area contributed by atoms with Gasteiger partial charge in [-0.25, -0.2) is 8.42 Å². The molecule has 0 amide bonds. The second-order valence-corrected chi connectivity index (χ2v) is 9.47. The van der Waals surface area contributed by atoms with Crippen molar-refractivity contribution in [1.82, 2.24) is 10.2 Å². The Morgan fingerprint density at radius 3 is 2.50 bits per heavy atom. The number of sulfonamides is 1. The molecule has 0 radical (unpaired) electrons. The van der Waals surface area contributed by atoms with E-state index in [1.54, 1.807) is 18.2 Å². The summed E-state index contributed by atoms with van der Waals surface area (Å²) >= 11 is 1.15. The van der Waals surface area contributed by atoms with Crippen LogP contribution in [0.3, 0.4) is 0 Å². The lowest BCUT2D eigenvalue weighted by atomic mass is 10.0. The van der Waals surface area contributed by atoms with E-state index in [-0.39, 0.29) is 15.8 Å². The molecule has 4 rings (SSSR count). The molecular weight excluding hydrogens is 444 g/mol. The molecule has 32 heavy (non-hydrogen) atoms. The molecule has 0 fully saturated rings. The zero-order valence-corrected chi connectivity index (χ0v) is 18.7. The number of fused-ring (bicyclic) bond motifs is 1. The molecule has 0 aliphatic carbocycles. The predicted molar refractivity (Wildman–Crippen MR) is 127 cm³/mol. The van der Waals surface area contributed by atoms with Gasteiger partial charge in [0.1, 0.15) is 0 Å². The van der Waals surface area contributed by atoms with Crippen molar-refractivity contribution in [2.45, 2.75) is 18.2 Å². The van der Waals surface area contributed by atoms with Crippen LogP contribution in [0.5, 0.6) is 0 Å². The first-order valence-electron chi connectivity index (χ1n) is 9.81. The largest absolute Gasteiger partial charge is 0.362 e. The minimum Gasteiger partial charge on any atom is -0.362 e. The number of carbonyl (C=O) groups is 1. The van der Waals surface area contributed by atoms with Crippen LogP contribution in [0.15, 0.2) is 83.9 Å². The zero-order chi connectivity index (χ0) is 22.6. The van der Waals surface area contributed by atoms with Gasteiger partial charge in [0, 0.05) is 28.7 Å². The predicted octanol–water partition coefficient (Wildman–Crippen LogP) is 5.46. The lowest BCUT2D eigenvalue weighted by molar-refractivity contribution is 0.104. The second kappa shape index (κ2) is 9.29. The number of aromatic nitrogens is 2. The number of rotatable bonds is 8. The van der Waals surface area contributed by atoms with Crippen LogP contribution in [0.1, 0.15) is 22.3 Å². The highest BCUT2D eigenvalue weighted by Gasteiger charge is 2.11. The molecule has 0 aliphatic rings. The molecule has 9 heteroatoms. The second-order valence-electron chi connectivity index (χ2n) is 6.83. The van der Waals surface area contributed by atoms with Gasteiger partial charge in [0.25, 0.3) is 0 Å². The highest BCUT2D eigenvalue weighted by atomic mass is 32.2. The summed E-state index contributed by atoms with van der Waals surface area (Å²) in [6.45, 7) is 1.91. The number of nitrogens with zero attached hydrogens (tertiary/aromatic N) is 3. The summed E-state index contributed by atoms with van der Waals surface area (Å²) in [6.07, 6.45) is 3.63. The first kappa shape index (κ1) is 21.7. The van der Waals surface area contributed by atoms with E-state index in [1.807, 2.05) is 43.3 Å². The van der Waals surface area contributed by atoms with Gasteiger partial charge in [0.15, 0.2) is 5.78 Å². The molecule has 162 valence electrons. The summed E-state index contributed by atoms with van der Waals surface area (Å²) in [5.41, 5.74) is 1.23. The van der Waals surface area contributed by atoms with Crippen molar-refractivity contribution in [3.05, 3.63) is 94.3 Å². The van der Waals surface area contributed by atoms with Crippen LogP contribution in [0.25, 0.3) is 15.5 Å². The van der Waals surface area contributed by atoms with Crippen molar-refractivity contribution >= 4 is 48.7 Å². The third-order valence-corrected chi connectivity index (χ3v) is 6.99. The molecule has 4 aromatic rings. The Kier molecular flexibility index (Phi) is 6.29. The van der Waals surface area contributed by atoms with Gasteiger partial charge in [-0.3, -0.25) is 9.89 Å². The van der Waals surface area contributed by atoms with Gasteiger partial charge in [0.2, 0.25) is 10.0 Å². The third kappa shape index (κ3) is 5.01. The number of nitrogens with one attached hydrogen (secondary N) is 1. The average Bonchev–Trinajstić information content (AvgIpc) is 3.26. The van der Waals surface area contributed by atoms with Gasteiger partial charge in [-0.15, -0.1) is 11.3 Å². The fourth-order valence-corrected chi connectivity index (χ4v) is 4.74. The SMILES string of the molecule is CCc1nnc([N-]S(=O)(=O)c2ccc(N/C=C/C(=O)c3ccc4ccccc4c3)cc2)s1. The Morgan fingerprint density at radius 2 is 1.78 bits per heavy atom. The number of hydrogen-bond acceptors (Lipinski definition) is 7. The monoisotopic (exact) mass is 463 g/mol. The van der Waals surface area contributed by atoms with E-state index in [2.05, 4.69) is 20.2 Å². The Labute approximate surface area is 189 Å². The minimum absolute atomic E-state index is 0.0486. The van der Waals surface area contributed by atoms with E-state index in [0.717, 1.165) is 27.1 Å². The van der Waals surface area contributed by atoms with Crippen molar-refractivity contribution in [2.75, 3.05) is 5.32 Å². The Balaban J connectivity index is 1.39. The number of hydrogen-bond donors (Lipinski definition) is 1. The van der Waals surface area contributed by atoms with Crippen LogP contribution < -0.4 is 5.32 Å². The van der Waals surface area contributed by atoms with Gasteiger partial charge >= 0.3 is 0 Å². The summed E-state index contributed by atoms with van der Waals surface area (Å²) in [4.78, 5) is 12.5. The quantitative estimate of drug-likeness (QED) is 0.275. The number of carbonyl (C=O) groups excluding carboxylic acids is 1. The number of ketones is 1. The third-order valence-electron chi connectivity index (χ3n) is 4.63. The first-order valence-corrected chi connectivity index (χ1v) is 12.1. The van der Waals surface area contributed by atoms with E-state index < -0.39 is 10.0 Å². The van der Waals surface area contributed by atoms with Crippen LogP contribution in [0.4, 0.5) is 10.8 Å². The normalized spacial score (nSPS) is 11.7. The lowest BCUT2D eigenvalue weighted by Gasteiger charge is -2.11. The molecular formula is C23H19N4O3S2-. The average molecular weight is 464 g/mol. The molecule has 1 aromatic heterocycles. The maximum Gasteiger partial charge on any atom is 0.203 e. The van der Waals surface area contributed by atoms with Crippen molar-refractivity contribution in [2.24, 2.45) is 0 Å². The molecule has 0 unspecified atom stereocenters. The van der Waals surface area contributed by atoms with Crippen molar-refractivity contribution < 1.29 is 13.2 Å². The van der Waals surface area contributed by atoms with E-state index in [4.69, 9.17) is 0 Å². The van der Waals surface area contributed by atoms with Crippen LogP contribution in [-0.2, 0) is 16.4 Å². The van der Waals surface area contributed by atoms with Crippen LogP contribution in [0, 0.1) is 0 Å². The molecule has 1 N–H and O–H groups in total. The molecule has 0 aliphatic heterocycles. The van der Waals surface area contributed by atoms with Crippen LogP contribution in [0.2, 0.25) is 0 Å². The highest BCUT2D eigenvalue weighted by molar-refractivity contribution is 7.94. The fraction of sp³-hybridized carbons (Fsp3) is 0.0870. The highest BCUT2D eigenvalue weighted by Crippen LogP contribution is 2.31. The summed E-state index contributed by atoms with van der Waals surface area (Å²) in [5, 5.41) is 13.5. The fourth-order valence-electron chi connectivity index (χ4n) is 2.96. The standard InChI is InChI=1S/C23H20N4O3S2/c1-2-22-25-26-23(31-22)27-32(29,30)20-11-9-19(10-12-20)24-14-13-21(28)18-8-7-16-5-3-4-6-17(16)15-18/h3-15H,2H2,1H3,(H2,24,26,27,28)/p-1. The number of aryl methyl sites for hydroxylation is 1. The first-order chi connectivity index (χ1) is 15.4. The van der Waals surface area contributed by atoms with Gasteiger partial charge in [-0.05, 0) is 47.5 Å². The number of anilines is 1.